The van der Waals surface area contributed by atoms with Gasteiger partial charge in [0.15, 0.2) is 4.80 Å². The molecule has 1 atom stereocenters. The summed E-state index contributed by atoms with van der Waals surface area (Å²) in [4.78, 5) is 48.3. The van der Waals surface area contributed by atoms with E-state index >= 15 is 0 Å². The van der Waals surface area contributed by atoms with Crippen molar-refractivity contribution < 1.29 is 19.1 Å². The summed E-state index contributed by atoms with van der Waals surface area (Å²) in [6.45, 7) is 7.94. The molecule has 0 saturated carbocycles. The van der Waals surface area contributed by atoms with Gasteiger partial charge in [-0.1, -0.05) is 60.6 Å². The van der Waals surface area contributed by atoms with E-state index in [-0.39, 0.29) is 22.6 Å². The lowest BCUT2D eigenvalue weighted by Crippen LogP contribution is -2.41. The third kappa shape index (κ3) is 4.49. The normalized spacial score (nSPS) is 17.4. The Morgan fingerprint density at radius 3 is 2.67 bits per heavy atom. The van der Waals surface area contributed by atoms with Crippen LogP contribution in [0.1, 0.15) is 43.9 Å². The number of aromatic nitrogens is 1. The van der Waals surface area contributed by atoms with Crippen LogP contribution in [0.3, 0.4) is 0 Å². The van der Waals surface area contributed by atoms with Crippen molar-refractivity contribution in [2.24, 2.45) is 4.99 Å². The molecular formula is C30H28ClN3O5S. The fourth-order valence-corrected chi connectivity index (χ4v) is 6.48. The van der Waals surface area contributed by atoms with Crippen molar-refractivity contribution in [2.45, 2.75) is 32.7 Å². The smallest absolute Gasteiger partial charge is 0.338 e. The Bertz CT molecular complexity index is 1750. The molecule has 0 spiro atoms. The van der Waals surface area contributed by atoms with Crippen molar-refractivity contribution in [3.05, 3.63) is 102 Å². The summed E-state index contributed by atoms with van der Waals surface area (Å²) in [5, 5.41) is 0.415. The first-order chi connectivity index (χ1) is 19.4. The summed E-state index contributed by atoms with van der Waals surface area (Å²) in [6, 6.07) is 11.5. The van der Waals surface area contributed by atoms with Crippen molar-refractivity contribution >= 4 is 46.1 Å². The molecule has 10 heteroatoms. The van der Waals surface area contributed by atoms with E-state index in [0.29, 0.717) is 63.0 Å². The van der Waals surface area contributed by atoms with Crippen LogP contribution in [0.5, 0.6) is 5.75 Å². The van der Waals surface area contributed by atoms with Gasteiger partial charge in [-0.05, 0) is 37.6 Å². The van der Waals surface area contributed by atoms with Crippen LogP contribution in [0.2, 0.25) is 5.02 Å². The van der Waals surface area contributed by atoms with E-state index in [9.17, 15) is 14.4 Å². The molecule has 3 aromatic rings. The molecule has 0 unspecified atom stereocenters. The maximum Gasteiger partial charge on any atom is 0.338 e. The summed E-state index contributed by atoms with van der Waals surface area (Å²) < 4.78 is 12.8. The first-order valence-electron chi connectivity index (χ1n) is 13.0. The predicted octanol–water partition coefficient (Wildman–Crippen LogP) is 4.14. The van der Waals surface area contributed by atoms with E-state index < -0.39 is 17.6 Å². The van der Waals surface area contributed by atoms with Crippen LogP contribution in [0, 0.1) is 0 Å². The average Bonchev–Trinajstić information content (AvgIpc) is 3.41. The fraction of sp³-hybridized carbons (Fsp3) is 0.267. The molecule has 2 aliphatic rings. The van der Waals surface area contributed by atoms with Gasteiger partial charge in [0.25, 0.3) is 11.5 Å². The number of hydrogen-bond acceptors (Lipinski definition) is 7. The lowest BCUT2D eigenvalue weighted by atomic mass is 9.93. The third-order valence-corrected chi connectivity index (χ3v) is 8.10. The SMILES string of the molecule is C=CCN1C(=O)/C(=c2\sc3n(c2=O)[C@@H](c2cc(Cl)ccc2OC)C(C(=O)OCC)=C(CCC)N=3)c2ccccc21. The Morgan fingerprint density at radius 1 is 1.20 bits per heavy atom. The number of nitrogens with zero attached hydrogens (tertiary/aromatic N) is 3. The summed E-state index contributed by atoms with van der Waals surface area (Å²) in [5.41, 5.74) is 2.53. The van der Waals surface area contributed by atoms with Gasteiger partial charge in [0, 0.05) is 22.7 Å². The molecule has 206 valence electrons. The molecule has 0 saturated heterocycles. The topological polar surface area (TPSA) is 90.2 Å². The zero-order valence-electron chi connectivity index (χ0n) is 22.4. The molecule has 0 fully saturated rings. The molecule has 0 N–H and O–H groups in total. The Hall–Kier alpha value is -3.95. The highest BCUT2D eigenvalue weighted by Crippen LogP contribution is 2.39. The molecule has 1 aromatic heterocycles. The number of benzene rings is 2. The Morgan fingerprint density at radius 2 is 1.98 bits per heavy atom. The van der Waals surface area contributed by atoms with Crippen molar-refractivity contribution in [1.29, 1.82) is 0 Å². The van der Waals surface area contributed by atoms with Gasteiger partial charge < -0.3 is 14.4 Å². The van der Waals surface area contributed by atoms with E-state index in [1.54, 1.807) is 36.1 Å². The fourth-order valence-electron chi connectivity index (χ4n) is 5.19. The molecule has 40 heavy (non-hydrogen) atoms. The predicted molar refractivity (Wildman–Crippen MR) is 156 cm³/mol. The van der Waals surface area contributed by atoms with Gasteiger partial charge in [0.2, 0.25) is 0 Å². The highest BCUT2D eigenvalue weighted by molar-refractivity contribution is 7.07. The number of halogens is 1. The number of carbonyl (C=O) groups is 2. The van der Waals surface area contributed by atoms with Gasteiger partial charge in [-0.15, -0.1) is 6.58 Å². The van der Waals surface area contributed by atoms with Crippen LogP contribution < -0.4 is 24.5 Å². The number of ether oxygens (including phenoxy) is 2. The van der Waals surface area contributed by atoms with Gasteiger partial charge in [-0.3, -0.25) is 14.2 Å². The molecule has 0 aliphatic carbocycles. The molecule has 3 heterocycles. The molecule has 1 amide bonds. The first kappa shape index (κ1) is 27.6. The molecule has 5 rings (SSSR count). The maximum atomic E-state index is 14.3. The van der Waals surface area contributed by atoms with Gasteiger partial charge in [0.1, 0.15) is 16.3 Å². The first-order valence-corrected chi connectivity index (χ1v) is 14.2. The van der Waals surface area contributed by atoms with Gasteiger partial charge in [-0.25, -0.2) is 9.79 Å². The van der Waals surface area contributed by atoms with E-state index in [2.05, 4.69) is 6.58 Å². The summed E-state index contributed by atoms with van der Waals surface area (Å²) in [6.07, 6.45) is 2.84. The van der Waals surface area contributed by atoms with Crippen molar-refractivity contribution in [1.82, 2.24) is 4.57 Å². The number of fused-ring (bicyclic) bond motifs is 2. The number of amides is 1. The van der Waals surface area contributed by atoms with Gasteiger partial charge in [-0.2, -0.15) is 0 Å². The number of thiazole rings is 1. The van der Waals surface area contributed by atoms with Crippen LogP contribution >= 0.6 is 22.9 Å². The number of methoxy groups -OCH3 is 1. The van der Waals surface area contributed by atoms with Crippen molar-refractivity contribution in [3.8, 4) is 5.75 Å². The van der Waals surface area contributed by atoms with Crippen LogP contribution in [0.4, 0.5) is 5.69 Å². The number of carbonyl (C=O) groups excluding carboxylic acids is 2. The second kappa shape index (κ2) is 11.3. The second-order valence-electron chi connectivity index (χ2n) is 9.22. The summed E-state index contributed by atoms with van der Waals surface area (Å²) in [5.74, 6) is -0.410. The highest BCUT2D eigenvalue weighted by Gasteiger charge is 2.38. The number of rotatable bonds is 8. The largest absolute Gasteiger partial charge is 0.496 e. The van der Waals surface area contributed by atoms with E-state index in [1.165, 1.54) is 11.7 Å². The Labute approximate surface area is 240 Å². The van der Waals surface area contributed by atoms with Crippen molar-refractivity contribution in [2.75, 3.05) is 25.2 Å². The van der Waals surface area contributed by atoms with Crippen LogP contribution in [0.15, 0.2) is 76.2 Å². The number of para-hydroxylation sites is 1. The molecule has 2 aliphatic heterocycles. The quantitative estimate of drug-likeness (QED) is 0.296. The minimum Gasteiger partial charge on any atom is -0.496 e. The molecule has 8 nitrogen and oxygen atoms in total. The van der Waals surface area contributed by atoms with E-state index in [0.717, 1.165) is 11.3 Å². The minimum atomic E-state index is -0.920. The highest BCUT2D eigenvalue weighted by atomic mass is 35.5. The number of allylic oxidation sites excluding steroid dienone is 1. The van der Waals surface area contributed by atoms with Gasteiger partial charge in [0.05, 0.1) is 36.2 Å². The lowest BCUT2D eigenvalue weighted by molar-refractivity contribution is -0.139. The summed E-state index contributed by atoms with van der Waals surface area (Å²) >= 11 is 7.55. The lowest BCUT2D eigenvalue weighted by Gasteiger charge is -2.27. The van der Waals surface area contributed by atoms with Crippen molar-refractivity contribution in [3.63, 3.8) is 0 Å². The maximum absolute atomic E-state index is 14.3. The van der Waals surface area contributed by atoms with E-state index in [4.69, 9.17) is 26.1 Å². The van der Waals surface area contributed by atoms with Crippen LogP contribution in [-0.2, 0) is 14.3 Å². The monoisotopic (exact) mass is 577 g/mol. The Balaban J connectivity index is 1.88. The standard InChI is InChI=1S/C30H28ClN3O5S/c1-5-10-20-24(29(37)39-7-3)25(19-16-17(31)13-14-22(19)38-4)34-28(36)26(40-30(34)32-20)23-18-11-8-9-12-21(18)33(15-6-2)27(23)35/h6,8-9,11-14,16,25H,2,5,7,10,15H2,1,3-4H3/b26-23-/t25-/m0/s1. The minimum absolute atomic E-state index is 0.153. The number of hydrogen-bond donors (Lipinski definition) is 0. The summed E-state index contributed by atoms with van der Waals surface area (Å²) in [7, 11) is 1.52. The van der Waals surface area contributed by atoms with Gasteiger partial charge >= 0.3 is 5.97 Å². The van der Waals surface area contributed by atoms with Crippen LogP contribution in [-0.4, -0.2) is 36.7 Å². The number of esters is 1. The third-order valence-electron chi connectivity index (χ3n) is 6.82. The van der Waals surface area contributed by atoms with Crippen LogP contribution in [0.25, 0.3) is 5.57 Å². The number of anilines is 1. The molecule has 0 bridgehead atoms. The second-order valence-corrected chi connectivity index (χ2v) is 10.6. The molecular weight excluding hydrogens is 550 g/mol. The molecule has 2 aromatic carbocycles. The average molecular weight is 578 g/mol. The zero-order valence-corrected chi connectivity index (χ0v) is 24.0. The van der Waals surface area contributed by atoms with E-state index in [1.807, 2.05) is 31.2 Å². The zero-order chi connectivity index (χ0) is 28.6. The molecule has 0 radical (unpaired) electrons. The Kier molecular flexibility index (Phi) is 7.78.